The maximum absolute atomic E-state index is 14.2. The van der Waals surface area contributed by atoms with Crippen LogP contribution in [0.1, 0.15) is 106 Å². The van der Waals surface area contributed by atoms with Crippen molar-refractivity contribution in [1.82, 2.24) is 9.97 Å². The minimum Gasteiger partial charge on any atom is -0.260 e. The first kappa shape index (κ1) is 20.5. The van der Waals surface area contributed by atoms with Gasteiger partial charge in [0, 0.05) is 18.1 Å². The molecular weight excluding hydrogens is 323 g/mol. The molecule has 0 aliphatic carbocycles. The zero-order valence-electron chi connectivity index (χ0n) is 17.3. The number of aromatic nitrogens is 2. The van der Waals surface area contributed by atoms with Gasteiger partial charge in [-0.05, 0) is 66.2 Å². The Morgan fingerprint density at radius 3 is 1.65 bits per heavy atom. The Balaban J connectivity index is 2.01. The van der Waals surface area contributed by atoms with Crippen molar-refractivity contribution in [3.8, 4) is 0 Å². The lowest BCUT2D eigenvalue weighted by molar-refractivity contribution is 0.553. The number of pyridine rings is 2. The number of halogens is 1. The lowest BCUT2D eigenvalue weighted by atomic mass is 9.89. The molecule has 0 saturated carbocycles. The highest BCUT2D eigenvalue weighted by molar-refractivity contribution is 5.28. The Hall–Kier alpha value is -1.77. The van der Waals surface area contributed by atoms with E-state index in [1.165, 1.54) is 16.8 Å². The fraction of sp³-hybridized carbons (Fsp3) is 0.565. The van der Waals surface area contributed by atoms with Crippen molar-refractivity contribution in [1.29, 1.82) is 0 Å². The minimum atomic E-state index is -0.179. The minimum absolute atomic E-state index is 0.115. The van der Waals surface area contributed by atoms with E-state index in [1.807, 2.05) is 26.2 Å². The molecule has 0 radical (unpaired) electrons. The summed E-state index contributed by atoms with van der Waals surface area (Å²) in [6.45, 7) is 14.8. The molecular formula is C23H33FN2. The van der Waals surface area contributed by atoms with Crippen LogP contribution in [-0.4, -0.2) is 9.97 Å². The van der Waals surface area contributed by atoms with Crippen LogP contribution in [0.25, 0.3) is 0 Å². The van der Waals surface area contributed by atoms with Crippen molar-refractivity contribution in [2.24, 2.45) is 0 Å². The van der Waals surface area contributed by atoms with Gasteiger partial charge in [0.05, 0.1) is 5.69 Å². The van der Waals surface area contributed by atoms with Gasteiger partial charge in [0.15, 0.2) is 0 Å². The van der Waals surface area contributed by atoms with Crippen LogP contribution in [0.2, 0.25) is 0 Å². The number of nitrogens with zero attached hydrogens (tertiary/aromatic N) is 2. The summed E-state index contributed by atoms with van der Waals surface area (Å²) in [5, 5.41) is 0. The summed E-state index contributed by atoms with van der Waals surface area (Å²) in [7, 11) is 0. The zero-order valence-corrected chi connectivity index (χ0v) is 17.3. The third-order valence-electron chi connectivity index (χ3n) is 5.30. The first-order valence-electron chi connectivity index (χ1n) is 9.82. The van der Waals surface area contributed by atoms with Crippen molar-refractivity contribution >= 4 is 0 Å². The molecule has 2 aromatic rings. The SMILES string of the molecule is Cc1cc(C(C)CCC(C)c2cnc(C(C)C)c(F)c2)cnc1C(C)C. The third kappa shape index (κ3) is 4.90. The van der Waals surface area contributed by atoms with Crippen molar-refractivity contribution in [2.75, 3.05) is 0 Å². The fourth-order valence-electron chi connectivity index (χ4n) is 3.47. The smallest absolute Gasteiger partial charge is 0.145 e. The molecule has 2 rings (SSSR count). The van der Waals surface area contributed by atoms with Crippen LogP contribution in [0.15, 0.2) is 24.5 Å². The molecule has 0 fully saturated rings. The molecule has 2 nitrogen and oxygen atoms in total. The molecule has 2 heterocycles. The van der Waals surface area contributed by atoms with Gasteiger partial charge < -0.3 is 0 Å². The monoisotopic (exact) mass is 356 g/mol. The average molecular weight is 357 g/mol. The van der Waals surface area contributed by atoms with Crippen LogP contribution < -0.4 is 0 Å². The first-order chi connectivity index (χ1) is 12.2. The fourth-order valence-corrected chi connectivity index (χ4v) is 3.47. The van der Waals surface area contributed by atoms with Gasteiger partial charge in [-0.25, -0.2) is 4.39 Å². The summed E-state index contributed by atoms with van der Waals surface area (Å²) in [5.41, 5.74) is 5.29. The van der Waals surface area contributed by atoms with Crippen molar-refractivity contribution in [3.63, 3.8) is 0 Å². The summed E-state index contributed by atoms with van der Waals surface area (Å²) in [6.07, 6.45) is 5.93. The zero-order chi connectivity index (χ0) is 19.4. The van der Waals surface area contributed by atoms with Crippen molar-refractivity contribution in [3.05, 3.63) is 58.4 Å². The number of rotatable bonds is 7. The molecule has 2 atom stereocenters. The van der Waals surface area contributed by atoms with Gasteiger partial charge in [0.2, 0.25) is 0 Å². The standard InChI is InChI=1S/C23H33FN2/c1-14(2)22-18(7)10-19(12-25-22)16(5)8-9-17(6)20-11-21(24)23(15(3)4)26-13-20/h10-17H,8-9H2,1-7H3. The lowest BCUT2D eigenvalue weighted by Crippen LogP contribution is -2.04. The van der Waals surface area contributed by atoms with Crippen LogP contribution in [0.5, 0.6) is 0 Å². The van der Waals surface area contributed by atoms with Crippen molar-refractivity contribution < 1.29 is 4.39 Å². The molecule has 2 aromatic heterocycles. The molecule has 3 heteroatoms. The highest BCUT2D eigenvalue weighted by Crippen LogP contribution is 2.29. The molecule has 0 N–H and O–H groups in total. The second kappa shape index (κ2) is 8.75. The van der Waals surface area contributed by atoms with Crippen LogP contribution in [0.3, 0.4) is 0 Å². The second-order valence-corrected chi connectivity index (χ2v) is 8.30. The normalized spacial score (nSPS) is 14.1. The molecule has 0 amide bonds. The predicted molar refractivity (Wildman–Crippen MR) is 107 cm³/mol. The van der Waals surface area contributed by atoms with E-state index in [0.717, 1.165) is 18.4 Å². The van der Waals surface area contributed by atoms with E-state index in [4.69, 9.17) is 0 Å². The van der Waals surface area contributed by atoms with Gasteiger partial charge in [-0.3, -0.25) is 9.97 Å². The van der Waals surface area contributed by atoms with Crippen molar-refractivity contribution in [2.45, 2.75) is 85.0 Å². The topological polar surface area (TPSA) is 25.8 Å². The quantitative estimate of drug-likeness (QED) is 0.541. The van der Waals surface area contributed by atoms with Gasteiger partial charge in [-0.1, -0.05) is 47.6 Å². The summed E-state index contributed by atoms with van der Waals surface area (Å²) in [6, 6.07) is 3.94. The summed E-state index contributed by atoms with van der Waals surface area (Å²) in [4.78, 5) is 9.00. The Kier molecular flexibility index (Phi) is 6.91. The van der Waals surface area contributed by atoms with E-state index in [9.17, 15) is 4.39 Å². The predicted octanol–water partition coefficient (Wildman–Crippen LogP) is 6.86. The molecule has 2 unspecified atom stereocenters. The Bertz CT molecular complexity index is 673. The molecule has 0 aromatic carbocycles. The molecule has 0 spiro atoms. The van der Waals surface area contributed by atoms with Gasteiger partial charge in [-0.2, -0.15) is 0 Å². The van der Waals surface area contributed by atoms with E-state index < -0.39 is 0 Å². The van der Waals surface area contributed by atoms with Crippen LogP contribution in [0, 0.1) is 12.7 Å². The number of hydrogen-bond acceptors (Lipinski definition) is 2. The molecule has 0 aliphatic heterocycles. The summed E-state index contributed by atoms with van der Waals surface area (Å²) >= 11 is 0. The van der Waals surface area contributed by atoms with Gasteiger partial charge in [-0.15, -0.1) is 0 Å². The maximum Gasteiger partial charge on any atom is 0.145 e. The molecule has 0 bridgehead atoms. The largest absolute Gasteiger partial charge is 0.260 e. The third-order valence-corrected chi connectivity index (χ3v) is 5.30. The van der Waals surface area contributed by atoms with Crippen LogP contribution >= 0.6 is 0 Å². The average Bonchev–Trinajstić information content (AvgIpc) is 2.58. The summed E-state index contributed by atoms with van der Waals surface area (Å²) in [5.74, 6) is 1.13. The summed E-state index contributed by atoms with van der Waals surface area (Å²) < 4.78 is 14.2. The van der Waals surface area contributed by atoms with Crippen LogP contribution in [0.4, 0.5) is 4.39 Å². The van der Waals surface area contributed by atoms with Gasteiger partial charge >= 0.3 is 0 Å². The van der Waals surface area contributed by atoms with E-state index in [0.29, 0.717) is 23.4 Å². The van der Waals surface area contributed by atoms with E-state index >= 15 is 0 Å². The molecule has 0 saturated heterocycles. The Morgan fingerprint density at radius 1 is 0.769 bits per heavy atom. The molecule has 142 valence electrons. The maximum atomic E-state index is 14.2. The Labute approximate surface area is 158 Å². The van der Waals surface area contributed by atoms with E-state index in [2.05, 4.69) is 50.7 Å². The number of aryl methyl sites for hydroxylation is 1. The number of hydrogen-bond donors (Lipinski definition) is 0. The molecule has 26 heavy (non-hydrogen) atoms. The van der Waals surface area contributed by atoms with Gasteiger partial charge in [0.25, 0.3) is 0 Å². The van der Waals surface area contributed by atoms with E-state index in [-0.39, 0.29) is 11.7 Å². The Morgan fingerprint density at radius 2 is 1.23 bits per heavy atom. The lowest BCUT2D eigenvalue weighted by Gasteiger charge is -2.18. The first-order valence-corrected chi connectivity index (χ1v) is 9.82. The molecule has 0 aliphatic rings. The second-order valence-electron chi connectivity index (χ2n) is 8.30. The van der Waals surface area contributed by atoms with Gasteiger partial charge in [0.1, 0.15) is 5.82 Å². The highest BCUT2D eigenvalue weighted by Gasteiger charge is 2.15. The highest BCUT2D eigenvalue weighted by atomic mass is 19.1. The van der Waals surface area contributed by atoms with Crippen LogP contribution in [-0.2, 0) is 0 Å². The van der Waals surface area contributed by atoms with E-state index in [1.54, 1.807) is 6.07 Å².